The number of unbranched alkanes of at least 4 members (excludes halogenated alkanes) is 11. The molecule has 0 spiro atoms. The summed E-state index contributed by atoms with van der Waals surface area (Å²) in [6.45, 7) is 3.83. The Kier molecular flexibility index (Phi) is 23.0. The minimum atomic E-state index is -1.26. The van der Waals surface area contributed by atoms with Crippen LogP contribution in [0.25, 0.3) is 0 Å². The van der Waals surface area contributed by atoms with Crippen molar-refractivity contribution in [2.45, 2.75) is 147 Å². The highest BCUT2D eigenvalue weighted by Crippen LogP contribution is 2.16. The first kappa shape index (κ1) is 47.9. The van der Waals surface area contributed by atoms with E-state index in [1.54, 1.807) is 54.6 Å². The van der Waals surface area contributed by atoms with E-state index in [4.69, 9.17) is 11.5 Å². The molecule has 0 radical (unpaired) electrons. The molecule has 2 rings (SSSR count). The molecule has 9 N–H and O–H groups in total. The van der Waals surface area contributed by atoms with Crippen molar-refractivity contribution in [1.29, 1.82) is 0 Å². The Bertz CT molecular complexity index is 1560. The predicted molar refractivity (Wildman–Crippen MR) is 218 cm³/mol. The standard InChI is InChI=1S/C43H64N6O8/c1-3-30(2)38(42(55)49-39(40(45)53)32-24-18-15-19-25-32)48-37(52)27-21-13-11-9-7-5-4-6-8-10-12-20-26-36(51)46-33(29-35(44)50)41(54)47-34(43(56)57)28-31-22-16-14-17-23-31/h14-19,22-25,30,33-34,38-39H,3-13,20-21,26-29H2,1-2H3,(H2,44,50)(H2,45,53)(H,46,51)(H,47,54)(H,48,52)(H,49,55)(H,56,57)/t30?,33-,34-,38-,39-/m0/s1. The average molecular weight is 793 g/mol. The average Bonchev–Trinajstić information content (AvgIpc) is 3.18. The van der Waals surface area contributed by atoms with E-state index in [0.29, 0.717) is 30.4 Å². The number of carbonyl (C=O) groups excluding carboxylic acids is 6. The molecule has 14 heteroatoms. The van der Waals surface area contributed by atoms with Crippen molar-refractivity contribution in [2.75, 3.05) is 0 Å². The number of benzene rings is 2. The van der Waals surface area contributed by atoms with Crippen LogP contribution in [0.1, 0.15) is 134 Å². The van der Waals surface area contributed by atoms with Crippen LogP contribution in [0.15, 0.2) is 60.7 Å². The van der Waals surface area contributed by atoms with Crippen molar-refractivity contribution in [2.24, 2.45) is 17.4 Å². The third-order valence-electron chi connectivity index (χ3n) is 10.0. The van der Waals surface area contributed by atoms with Gasteiger partial charge in [-0.25, -0.2) is 4.79 Å². The molecule has 5 atom stereocenters. The summed E-state index contributed by atoms with van der Waals surface area (Å²) in [6.07, 6.45) is 12.5. The van der Waals surface area contributed by atoms with E-state index in [9.17, 15) is 38.7 Å². The van der Waals surface area contributed by atoms with E-state index in [1.807, 2.05) is 19.9 Å². The largest absolute Gasteiger partial charge is 0.480 e. The van der Waals surface area contributed by atoms with E-state index in [-0.39, 0.29) is 24.7 Å². The summed E-state index contributed by atoms with van der Waals surface area (Å²) < 4.78 is 0. The summed E-state index contributed by atoms with van der Waals surface area (Å²) in [5, 5.41) is 20.2. The van der Waals surface area contributed by atoms with Gasteiger partial charge in [-0.3, -0.25) is 28.8 Å². The van der Waals surface area contributed by atoms with Gasteiger partial charge in [0.25, 0.3) is 0 Å². The van der Waals surface area contributed by atoms with Gasteiger partial charge in [-0.1, -0.05) is 145 Å². The van der Waals surface area contributed by atoms with Crippen LogP contribution in [-0.4, -0.2) is 64.6 Å². The number of carbonyl (C=O) groups is 7. The summed E-state index contributed by atoms with van der Waals surface area (Å²) in [5.74, 6) is -4.62. The summed E-state index contributed by atoms with van der Waals surface area (Å²) in [7, 11) is 0. The summed E-state index contributed by atoms with van der Waals surface area (Å²) in [4.78, 5) is 86.8. The minimum absolute atomic E-state index is 0.0466. The molecule has 14 nitrogen and oxygen atoms in total. The molecule has 0 aliphatic rings. The Hall–Kier alpha value is -5.27. The highest BCUT2D eigenvalue weighted by atomic mass is 16.4. The lowest BCUT2D eigenvalue weighted by Gasteiger charge is -2.26. The van der Waals surface area contributed by atoms with Gasteiger partial charge in [-0.2, -0.15) is 0 Å². The second-order valence-electron chi connectivity index (χ2n) is 14.8. The Balaban J connectivity index is 1.56. The molecule has 0 aliphatic heterocycles. The third kappa shape index (κ3) is 19.9. The summed E-state index contributed by atoms with van der Waals surface area (Å²) in [6, 6.07) is 13.3. The Morgan fingerprint density at radius 1 is 0.596 bits per heavy atom. The van der Waals surface area contributed by atoms with Gasteiger partial charge in [0.15, 0.2) is 0 Å². The zero-order valence-corrected chi connectivity index (χ0v) is 33.6. The highest BCUT2D eigenvalue weighted by molar-refractivity contribution is 5.94. The Morgan fingerprint density at radius 3 is 1.53 bits per heavy atom. The maximum atomic E-state index is 13.2. The van der Waals surface area contributed by atoms with Gasteiger partial charge in [-0.05, 0) is 29.9 Å². The van der Waals surface area contributed by atoms with Gasteiger partial charge in [-0.15, -0.1) is 0 Å². The zero-order valence-electron chi connectivity index (χ0n) is 33.6. The van der Waals surface area contributed by atoms with Gasteiger partial charge in [0.1, 0.15) is 24.2 Å². The molecule has 0 saturated carbocycles. The molecule has 0 fully saturated rings. The highest BCUT2D eigenvalue weighted by Gasteiger charge is 2.30. The number of hydrogen-bond acceptors (Lipinski definition) is 7. The topological polar surface area (TPSA) is 240 Å². The number of hydrogen-bond donors (Lipinski definition) is 7. The van der Waals surface area contributed by atoms with Crippen molar-refractivity contribution < 1.29 is 38.7 Å². The molecule has 0 saturated heterocycles. The van der Waals surface area contributed by atoms with E-state index in [1.165, 1.54) is 0 Å². The van der Waals surface area contributed by atoms with Crippen molar-refractivity contribution in [3.05, 3.63) is 71.8 Å². The van der Waals surface area contributed by atoms with Gasteiger partial charge < -0.3 is 37.8 Å². The fourth-order valence-electron chi connectivity index (χ4n) is 6.48. The van der Waals surface area contributed by atoms with Crippen LogP contribution in [0.5, 0.6) is 0 Å². The summed E-state index contributed by atoms with van der Waals surface area (Å²) >= 11 is 0. The number of aliphatic carboxylic acids is 1. The molecule has 2 aromatic carbocycles. The molecule has 1 unspecified atom stereocenters. The molecule has 6 amide bonds. The van der Waals surface area contributed by atoms with E-state index < -0.39 is 66.1 Å². The lowest BCUT2D eigenvalue weighted by molar-refractivity contribution is -0.142. The van der Waals surface area contributed by atoms with Crippen molar-refractivity contribution >= 4 is 41.4 Å². The zero-order chi connectivity index (χ0) is 42.0. The smallest absolute Gasteiger partial charge is 0.326 e. The Labute approximate surface area is 337 Å². The van der Waals surface area contributed by atoms with Gasteiger partial charge >= 0.3 is 5.97 Å². The third-order valence-corrected chi connectivity index (χ3v) is 10.0. The molecule has 0 heterocycles. The molecular weight excluding hydrogens is 729 g/mol. The quantitative estimate of drug-likeness (QED) is 0.0555. The van der Waals surface area contributed by atoms with Crippen LogP contribution in [0, 0.1) is 5.92 Å². The second-order valence-corrected chi connectivity index (χ2v) is 14.8. The molecule has 57 heavy (non-hydrogen) atoms. The number of primary amides is 2. The van der Waals surface area contributed by atoms with Crippen molar-refractivity contribution in [3.8, 4) is 0 Å². The molecular formula is C43H64N6O8. The Morgan fingerprint density at radius 2 is 1.07 bits per heavy atom. The first-order valence-corrected chi connectivity index (χ1v) is 20.4. The lowest BCUT2D eigenvalue weighted by atomic mass is 9.97. The van der Waals surface area contributed by atoms with Gasteiger partial charge in [0, 0.05) is 19.3 Å². The second kappa shape index (κ2) is 27.3. The maximum absolute atomic E-state index is 13.2. The van der Waals surface area contributed by atoms with Crippen LogP contribution in [0.2, 0.25) is 0 Å². The predicted octanol–water partition coefficient (Wildman–Crippen LogP) is 4.49. The van der Waals surface area contributed by atoms with Crippen LogP contribution in [-0.2, 0) is 40.0 Å². The number of carboxylic acids is 1. The fraction of sp³-hybridized carbons (Fsp3) is 0.558. The number of rotatable bonds is 30. The first-order valence-electron chi connectivity index (χ1n) is 20.4. The van der Waals surface area contributed by atoms with E-state index >= 15 is 0 Å². The van der Waals surface area contributed by atoms with Crippen LogP contribution in [0.3, 0.4) is 0 Å². The lowest BCUT2D eigenvalue weighted by Crippen LogP contribution is -2.53. The van der Waals surface area contributed by atoms with Crippen molar-refractivity contribution in [1.82, 2.24) is 21.3 Å². The summed E-state index contributed by atoms with van der Waals surface area (Å²) in [5.41, 5.74) is 12.2. The van der Waals surface area contributed by atoms with E-state index in [0.717, 1.165) is 70.6 Å². The number of nitrogens with one attached hydrogen (secondary N) is 4. The van der Waals surface area contributed by atoms with Crippen LogP contribution in [0.4, 0.5) is 0 Å². The van der Waals surface area contributed by atoms with Crippen LogP contribution < -0.4 is 32.7 Å². The SMILES string of the molecule is CCC(C)[C@H](NC(=O)CCCCCCCCCCCCCCC(=O)N[C@@H](CC(N)=O)C(=O)N[C@@H](Cc1ccccc1)C(=O)O)C(=O)N[C@H](C(N)=O)c1ccccc1. The molecule has 314 valence electrons. The van der Waals surface area contributed by atoms with Crippen molar-refractivity contribution in [3.63, 3.8) is 0 Å². The first-order chi connectivity index (χ1) is 27.3. The number of amides is 6. The number of carboxylic acid groups (broad SMARTS) is 1. The fourth-order valence-corrected chi connectivity index (χ4v) is 6.48. The number of nitrogens with two attached hydrogens (primary N) is 2. The van der Waals surface area contributed by atoms with Crippen LogP contribution >= 0.6 is 0 Å². The molecule has 0 aromatic heterocycles. The van der Waals surface area contributed by atoms with Gasteiger partial charge in [0.05, 0.1) is 6.42 Å². The molecule has 0 aliphatic carbocycles. The minimum Gasteiger partial charge on any atom is -0.480 e. The van der Waals surface area contributed by atoms with E-state index in [2.05, 4.69) is 21.3 Å². The maximum Gasteiger partial charge on any atom is 0.326 e. The van der Waals surface area contributed by atoms with Gasteiger partial charge in [0.2, 0.25) is 35.4 Å². The molecule has 2 aromatic rings. The molecule has 0 bridgehead atoms. The monoisotopic (exact) mass is 792 g/mol. The normalized spacial score (nSPS) is 13.6.